The van der Waals surface area contributed by atoms with Gasteiger partial charge in [-0.05, 0) is 197 Å². The molecule has 3 aromatic rings. The molecule has 0 aliphatic carbocycles. The van der Waals surface area contributed by atoms with Gasteiger partial charge in [-0.2, -0.15) is 0 Å². The second kappa shape index (κ2) is 28.2. The molecule has 0 bridgehead atoms. The van der Waals surface area contributed by atoms with Gasteiger partial charge in [0.15, 0.2) is 5.78 Å². The summed E-state index contributed by atoms with van der Waals surface area (Å²) in [6, 6.07) is 20.2. The molecule has 414 valence electrons. The molecule has 0 saturated heterocycles. The Bertz CT molecular complexity index is 2130. The fourth-order valence-corrected chi connectivity index (χ4v) is 6.23. The maximum absolute atomic E-state index is 12.0. The molecule has 0 aliphatic heterocycles. The van der Waals surface area contributed by atoms with Crippen LogP contribution in [-0.4, -0.2) is 99.9 Å². The highest BCUT2D eigenvalue weighted by Crippen LogP contribution is 2.23. The van der Waals surface area contributed by atoms with Gasteiger partial charge in [-0.15, -0.1) is 0 Å². The number of methoxy groups -OCH3 is 1. The maximum atomic E-state index is 12.0. The first-order valence-electron chi connectivity index (χ1n) is 24.7. The third kappa shape index (κ3) is 32.5. The summed E-state index contributed by atoms with van der Waals surface area (Å²) in [5.41, 5.74) is -0.0379. The van der Waals surface area contributed by atoms with E-state index in [-0.39, 0.29) is 35.4 Å². The maximum Gasteiger partial charge on any atom is 0.408 e. The number of hydrogen-bond acceptors (Lipinski definition) is 13. The Morgan fingerprint density at radius 2 is 0.716 bits per heavy atom. The Morgan fingerprint density at radius 1 is 0.432 bits per heavy atom. The quantitative estimate of drug-likeness (QED) is 0.0774. The van der Waals surface area contributed by atoms with E-state index in [1.807, 2.05) is 111 Å². The van der Waals surface area contributed by atoms with Gasteiger partial charge < -0.3 is 54.2 Å². The highest BCUT2D eigenvalue weighted by atomic mass is 16.6. The molecule has 17 nitrogen and oxygen atoms in total. The van der Waals surface area contributed by atoms with Gasteiger partial charge in [-0.3, -0.25) is 9.59 Å². The van der Waals surface area contributed by atoms with Crippen molar-refractivity contribution in [3.8, 4) is 17.2 Å². The first kappa shape index (κ1) is 65.5. The van der Waals surface area contributed by atoms with Crippen LogP contribution in [0.2, 0.25) is 0 Å². The number of Topliss-reactive ketones (excluding diaryl/α,β-unsaturated/α-hetero) is 1. The predicted molar refractivity (Wildman–Crippen MR) is 286 cm³/mol. The lowest BCUT2D eigenvalue weighted by atomic mass is 10.0. The molecule has 3 atom stereocenters. The van der Waals surface area contributed by atoms with Gasteiger partial charge in [0.1, 0.15) is 56.9 Å². The van der Waals surface area contributed by atoms with E-state index in [0.29, 0.717) is 18.6 Å². The Balaban J connectivity index is 0.000000556. The van der Waals surface area contributed by atoms with Crippen molar-refractivity contribution in [3.63, 3.8) is 0 Å². The number of nitrogens with one attached hydrogen (secondary N) is 3. The van der Waals surface area contributed by atoms with Gasteiger partial charge in [0.25, 0.3) is 0 Å². The SMILES string of the molecule is CC(=O)[C@H](Cc1ccc(OC(C)(C)C)cc1)NC(=O)OC(C)(C)C.CC(C)(C)OC(=O)N[C@@H](Cc1ccc(OC(C)(C)C)cc1)C(=O)O.COC(=O)C[C@H](Cc1ccc(OC(C)(C)C)cc1)NC(=O)OC(C)(C)C. The average Bonchev–Trinajstić information content (AvgIpc) is 3.19. The van der Waals surface area contributed by atoms with E-state index in [0.717, 1.165) is 28.2 Å². The van der Waals surface area contributed by atoms with Crippen molar-refractivity contribution >= 4 is 36.0 Å². The normalized spacial score (nSPS) is 13.0. The molecule has 3 amide bonds. The van der Waals surface area contributed by atoms with Crippen molar-refractivity contribution in [2.24, 2.45) is 0 Å². The molecule has 0 saturated carbocycles. The van der Waals surface area contributed by atoms with Crippen LogP contribution < -0.4 is 30.2 Å². The molecule has 3 aromatic carbocycles. The smallest absolute Gasteiger partial charge is 0.408 e. The van der Waals surface area contributed by atoms with E-state index in [9.17, 15) is 33.9 Å². The minimum absolute atomic E-state index is 0.0655. The van der Waals surface area contributed by atoms with Crippen LogP contribution in [0.5, 0.6) is 17.2 Å². The highest BCUT2D eigenvalue weighted by Gasteiger charge is 2.26. The van der Waals surface area contributed by atoms with Gasteiger partial charge in [0, 0.05) is 12.5 Å². The second-order valence-electron chi connectivity index (χ2n) is 23.7. The molecule has 0 unspecified atom stereocenters. The summed E-state index contributed by atoms with van der Waals surface area (Å²) in [6.07, 6.45) is -0.786. The van der Waals surface area contributed by atoms with Crippen molar-refractivity contribution < 1.29 is 67.0 Å². The number of carboxylic acid groups (broad SMARTS) is 1. The molecule has 17 heteroatoms. The highest BCUT2D eigenvalue weighted by molar-refractivity contribution is 5.85. The molecule has 0 aromatic heterocycles. The summed E-state index contributed by atoms with van der Waals surface area (Å²) in [4.78, 5) is 70.5. The van der Waals surface area contributed by atoms with E-state index >= 15 is 0 Å². The molecule has 0 aliphatic rings. The van der Waals surface area contributed by atoms with Crippen molar-refractivity contribution in [2.45, 2.75) is 209 Å². The van der Waals surface area contributed by atoms with Gasteiger partial charge in [-0.1, -0.05) is 36.4 Å². The monoisotopic (exact) mass is 1040 g/mol. The lowest BCUT2D eigenvalue weighted by molar-refractivity contribution is -0.141. The third-order valence-electron chi connectivity index (χ3n) is 8.94. The molecule has 3 rings (SSSR count). The number of rotatable bonds is 16. The third-order valence-corrected chi connectivity index (χ3v) is 8.94. The number of carbonyl (C=O) groups excluding carboxylic acids is 5. The molecule has 4 N–H and O–H groups in total. The van der Waals surface area contributed by atoms with Gasteiger partial charge in [0.05, 0.1) is 19.6 Å². The van der Waals surface area contributed by atoms with Crippen LogP contribution >= 0.6 is 0 Å². The van der Waals surface area contributed by atoms with Crippen LogP contribution in [0.25, 0.3) is 0 Å². The van der Waals surface area contributed by atoms with Crippen LogP contribution in [0.15, 0.2) is 72.8 Å². The summed E-state index contributed by atoms with van der Waals surface area (Å²) < 4.78 is 37.6. The summed E-state index contributed by atoms with van der Waals surface area (Å²) in [5.74, 6) is 0.625. The van der Waals surface area contributed by atoms with Crippen LogP contribution in [0.3, 0.4) is 0 Å². The van der Waals surface area contributed by atoms with Gasteiger partial charge >= 0.3 is 30.2 Å². The van der Waals surface area contributed by atoms with Gasteiger partial charge in [0.2, 0.25) is 0 Å². The number of esters is 1. The molecular weight excluding hydrogens is 951 g/mol. The van der Waals surface area contributed by atoms with E-state index < -0.39 is 65.1 Å². The number of alkyl carbamates (subject to hydrolysis) is 3. The van der Waals surface area contributed by atoms with Crippen LogP contribution in [-0.2, 0) is 52.6 Å². The Morgan fingerprint density at radius 3 is 0.986 bits per heavy atom. The van der Waals surface area contributed by atoms with Crippen molar-refractivity contribution in [1.82, 2.24) is 16.0 Å². The molecule has 74 heavy (non-hydrogen) atoms. The molecule has 0 spiro atoms. The Labute approximate surface area is 440 Å². The topological polar surface area (TPSA) is 223 Å². The van der Waals surface area contributed by atoms with E-state index in [2.05, 4.69) is 16.0 Å². The fraction of sp³-hybridized carbons (Fsp3) is 0.579. The molecule has 0 heterocycles. The summed E-state index contributed by atoms with van der Waals surface area (Å²) >= 11 is 0. The van der Waals surface area contributed by atoms with Crippen molar-refractivity contribution in [1.29, 1.82) is 0 Å². The molecule has 0 fully saturated rings. The summed E-state index contributed by atoms with van der Waals surface area (Å²) in [5, 5.41) is 17.1. The number of carboxylic acids is 1. The largest absolute Gasteiger partial charge is 0.488 e. The zero-order valence-electron chi connectivity index (χ0n) is 47.7. The number of aliphatic carboxylic acids is 1. The van der Waals surface area contributed by atoms with Crippen molar-refractivity contribution in [3.05, 3.63) is 89.5 Å². The number of ether oxygens (including phenoxy) is 7. The van der Waals surface area contributed by atoms with E-state index in [1.54, 1.807) is 86.6 Å². The van der Waals surface area contributed by atoms with Crippen LogP contribution in [0, 0.1) is 0 Å². The number of hydrogen-bond donors (Lipinski definition) is 4. The first-order valence-corrected chi connectivity index (χ1v) is 24.7. The fourth-order valence-electron chi connectivity index (χ4n) is 6.23. The van der Waals surface area contributed by atoms with E-state index in [1.165, 1.54) is 14.0 Å². The first-order chi connectivity index (χ1) is 33.6. The summed E-state index contributed by atoms with van der Waals surface area (Å²) in [6.45, 7) is 35.1. The Kier molecular flexibility index (Phi) is 25.0. The lowest BCUT2D eigenvalue weighted by Crippen LogP contribution is -2.44. The number of benzene rings is 3. The van der Waals surface area contributed by atoms with E-state index in [4.69, 9.17) is 33.2 Å². The number of amides is 3. The predicted octanol–water partition coefficient (Wildman–Crippen LogP) is 11.1. The molecular formula is C57H87N3O14. The van der Waals surface area contributed by atoms with Gasteiger partial charge in [-0.25, -0.2) is 19.2 Å². The average molecular weight is 1040 g/mol. The number of carbonyl (C=O) groups is 6. The Hall–Kier alpha value is -6.52. The number of ketones is 1. The molecule has 0 radical (unpaired) electrons. The standard InChI is InChI=1S/C20H31NO5.C19H29NO4.C18H27NO5/c1-19(2,3)25-16-10-8-14(9-11-16)12-15(13-17(22)24-7)21-18(23)26-20(4,5)6;1-13(21)16(20-17(22)24-19(5,6)7)12-14-8-10-15(11-9-14)23-18(2,3)4;1-17(2,3)23-13-9-7-12(8-10-13)11-14(15(20)21)19-16(22)24-18(4,5)6/h8-11,15H,12-13H2,1-7H3,(H,21,23);8-11,16H,12H2,1-7H3,(H,20,22);7-10,14H,11H2,1-6H3,(H,19,22)(H,20,21)/t15-;16-;14-/m000/s1. The second-order valence-corrected chi connectivity index (χ2v) is 23.7. The van der Waals surface area contributed by atoms with Crippen LogP contribution in [0.1, 0.15) is 155 Å². The summed E-state index contributed by atoms with van der Waals surface area (Å²) in [7, 11) is 1.32. The zero-order valence-corrected chi connectivity index (χ0v) is 47.7. The van der Waals surface area contributed by atoms with Crippen LogP contribution in [0.4, 0.5) is 14.4 Å². The minimum Gasteiger partial charge on any atom is -0.488 e. The van der Waals surface area contributed by atoms with Crippen molar-refractivity contribution in [2.75, 3.05) is 7.11 Å². The zero-order chi connectivity index (χ0) is 57.0. The minimum atomic E-state index is -1.11. The lowest BCUT2D eigenvalue weighted by Gasteiger charge is -2.24.